The molecule has 1 aromatic rings. The van der Waals surface area contributed by atoms with Crippen LogP contribution >= 0.6 is 0 Å². The van der Waals surface area contributed by atoms with Crippen molar-refractivity contribution in [3.63, 3.8) is 0 Å². The number of halogens is 3. The van der Waals surface area contributed by atoms with Crippen LogP contribution in [0, 0.1) is 0 Å². The summed E-state index contributed by atoms with van der Waals surface area (Å²) in [7, 11) is 0. The molecule has 2 nitrogen and oxygen atoms in total. The second-order valence-electron chi connectivity index (χ2n) is 3.58. The zero-order chi connectivity index (χ0) is 12.7. The summed E-state index contributed by atoms with van der Waals surface area (Å²) in [5.74, 6) is 0.689. The van der Waals surface area contributed by atoms with E-state index in [1.54, 1.807) is 12.1 Å². The van der Waals surface area contributed by atoms with E-state index in [0.717, 1.165) is 12.8 Å². The first-order valence-corrected chi connectivity index (χ1v) is 5.43. The maximum atomic E-state index is 11.9. The van der Waals surface area contributed by atoms with Crippen molar-refractivity contribution in [1.82, 2.24) is 0 Å². The van der Waals surface area contributed by atoms with Crippen LogP contribution in [0.2, 0.25) is 0 Å². The lowest BCUT2D eigenvalue weighted by Gasteiger charge is -2.10. The molecule has 0 saturated heterocycles. The lowest BCUT2D eigenvalue weighted by molar-refractivity contribution is -0.153. The minimum atomic E-state index is -4.32. The highest BCUT2D eigenvalue weighted by Gasteiger charge is 2.28. The number of ether oxygens (including phenoxy) is 2. The number of unbranched alkanes of at least 4 members (excludes halogenated alkanes) is 1. The van der Waals surface area contributed by atoms with Crippen LogP contribution in [0.5, 0.6) is 11.5 Å². The second-order valence-corrected chi connectivity index (χ2v) is 3.58. The second kappa shape index (κ2) is 6.37. The standard InChI is InChI=1S/C12H15F3O2/c1-2-3-7-16-10-5-4-6-11(8-10)17-9-12(13,14)15/h4-6,8H,2-3,7,9H2,1H3. The molecule has 96 valence electrons. The number of alkyl halides is 3. The Labute approximate surface area is 98.3 Å². The van der Waals surface area contributed by atoms with Gasteiger partial charge in [0.2, 0.25) is 0 Å². The Kier molecular flexibility index (Phi) is 5.12. The third-order valence-corrected chi connectivity index (χ3v) is 1.97. The highest BCUT2D eigenvalue weighted by atomic mass is 19.4. The van der Waals surface area contributed by atoms with Gasteiger partial charge in [0.15, 0.2) is 6.61 Å². The van der Waals surface area contributed by atoms with Crippen LogP contribution in [-0.2, 0) is 0 Å². The summed E-state index contributed by atoms with van der Waals surface area (Å²) in [6.07, 6.45) is -2.41. The van der Waals surface area contributed by atoms with Crippen molar-refractivity contribution in [2.45, 2.75) is 25.9 Å². The van der Waals surface area contributed by atoms with Gasteiger partial charge in [-0.3, -0.25) is 0 Å². The molecule has 0 amide bonds. The molecule has 0 spiro atoms. The summed E-state index contributed by atoms with van der Waals surface area (Å²) in [4.78, 5) is 0. The Hall–Kier alpha value is -1.39. The third-order valence-electron chi connectivity index (χ3n) is 1.97. The van der Waals surface area contributed by atoms with Crippen molar-refractivity contribution in [3.8, 4) is 11.5 Å². The molecule has 0 fully saturated rings. The average molecular weight is 248 g/mol. The smallest absolute Gasteiger partial charge is 0.422 e. The lowest BCUT2D eigenvalue weighted by atomic mass is 10.3. The van der Waals surface area contributed by atoms with E-state index in [4.69, 9.17) is 4.74 Å². The average Bonchev–Trinajstić information content (AvgIpc) is 2.27. The van der Waals surface area contributed by atoms with Gasteiger partial charge in [0.25, 0.3) is 0 Å². The molecule has 0 saturated carbocycles. The third kappa shape index (κ3) is 6.04. The molecule has 5 heteroatoms. The van der Waals surface area contributed by atoms with Crippen molar-refractivity contribution in [3.05, 3.63) is 24.3 Å². The SMILES string of the molecule is CCCCOc1cccc(OCC(F)(F)F)c1. The Balaban J connectivity index is 2.48. The predicted octanol–water partition coefficient (Wildman–Crippen LogP) is 3.81. The summed E-state index contributed by atoms with van der Waals surface area (Å²) in [5.41, 5.74) is 0. The topological polar surface area (TPSA) is 18.5 Å². The summed E-state index contributed by atoms with van der Waals surface area (Å²) in [5, 5.41) is 0. The van der Waals surface area contributed by atoms with E-state index in [2.05, 4.69) is 4.74 Å². The van der Waals surface area contributed by atoms with E-state index >= 15 is 0 Å². The van der Waals surface area contributed by atoms with Gasteiger partial charge >= 0.3 is 6.18 Å². The van der Waals surface area contributed by atoms with Crippen LogP contribution in [-0.4, -0.2) is 19.4 Å². The van der Waals surface area contributed by atoms with Gasteiger partial charge in [-0.1, -0.05) is 19.4 Å². The highest BCUT2D eigenvalue weighted by Crippen LogP contribution is 2.22. The molecule has 0 heterocycles. The van der Waals surface area contributed by atoms with Crippen molar-refractivity contribution in [1.29, 1.82) is 0 Å². The normalized spacial score (nSPS) is 11.3. The van der Waals surface area contributed by atoms with Crippen LogP contribution in [0.1, 0.15) is 19.8 Å². The molecule has 1 rings (SSSR count). The fourth-order valence-electron chi connectivity index (χ4n) is 1.15. The molecule has 0 atom stereocenters. The van der Waals surface area contributed by atoms with Crippen molar-refractivity contribution >= 4 is 0 Å². The summed E-state index contributed by atoms with van der Waals surface area (Å²) in [6, 6.07) is 6.23. The number of rotatable bonds is 6. The molecule has 0 aliphatic carbocycles. The molecular formula is C12H15F3O2. The molecule has 1 aromatic carbocycles. The fourth-order valence-corrected chi connectivity index (χ4v) is 1.15. The highest BCUT2D eigenvalue weighted by molar-refractivity contribution is 5.32. The molecule has 0 aliphatic rings. The maximum Gasteiger partial charge on any atom is 0.422 e. The minimum absolute atomic E-state index is 0.163. The number of benzene rings is 1. The zero-order valence-electron chi connectivity index (χ0n) is 9.59. The molecule has 17 heavy (non-hydrogen) atoms. The van der Waals surface area contributed by atoms with Gasteiger partial charge in [0, 0.05) is 6.07 Å². The molecule has 0 N–H and O–H groups in total. The molecule has 0 bridgehead atoms. The number of hydrogen-bond donors (Lipinski definition) is 0. The van der Waals surface area contributed by atoms with Gasteiger partial charge in [-0.05, 0) is 18.6 Å². The van der Waals surface area contributed by atoms with Crippen LogP contribution in [0.15, 0.2) is 24.3 Å². The molecule has 0 aliphatic heterocycles. The van der Waals surface area contributed by atoms with Crippen molar-refractivity contribution in [2.24, 2.45) is 0 Å². The summed E-state index contributed by atoms with van der Waals surface area (Å²) in [6.45, 7) is 1.30. The lowest BCUT2D eigenvalue weighted by Crippen LogP contribution is -2.19. The summed E-state index contributed by atoms with van der Waals surface area (Å²) < 4.78 is 45.8. The Morgan fingerprint density at radius 2 is 1.76 bits per heavy atom. The molecular weight excluding hydrogens is 233 g/mol. The predicted molar refractivity (Wildman–Crippen MR) is 58.4 cm³/mol. The van der Waals surface area contributed by atoms with Gasteiger partial charge in [-0.15, -0.1) is 0 Å². The van der Waals surface area contributed by atoms with Crippen molar-refractivity contribution in [2.75, 3.05) is 13.2 Å². The van der Waals surface area contributed by atoms with Crippen LogP contribution in [0.3, 0.4) is 0 Å². The van der Waals surface area contributed by atoms with E-state index in [1.165, 1.54) is 12.1 Å². The Bertz CT molecular complexity index is 337. The van der Waals surface area contributed by atoms with Gasteiger partial charge in [-0.2, -0.15) is 13.2 Å². The van der Waals surface area contributed by atoms with Gasteiger partial charge in [-0.25, -0.2) is 0 Å². The molecule has 0 unspecified atom stereocenters. The van der Waals surface area contributed by atoms with E-state index in [-0.39, 0.29) is 5.75 Å². The zero-order valence-corrected chi connectivity index (χ0v) is 9.59. The van der Waals surface area contributed by atoms with E-state index < -0.39 is 12.8 Å². The largest absolute Gasteiger partial charge is 0.493 e. The van der Waals surface area contributed by atoms with E-state index in [0.29, 0.717) is 12.4 Å². The fraction of sp³-hybridized carbons (Fsp3) is 0.500. The monoisotopic (exact) mass is 248 g/mol. The first-order valence-electron chi connectivity index (χ1n) is 5.43. The van der Waals surface area contributed by atoms with Gasteiger partial charge < -0.3 is 9.47 Å². The molecule has 0 aromatic heterocycles. The minimum Gasteiger partial charge on any atom is -0.493 e. The number of hydrogen-bond acceptors (Lipinski definition) is 2. The quantitative estimate of drug-likeness (QED) is 0.713. The summed E-state index contributed by atoms with van der Waals surface area (Å²) >= 11 is 0. The van der Waals surface area contributed by atoms with Crippen LogP contribution in [0.4, 0.5) is 13.2 Å². The van der Waals surface area contributed by atoms with Crippen LogP contribution in [0.25, 0.3) is 0 Å². The van der Waals surface area contributed by atoms with Gasteiger partial charge in [0.05, 0.1) is 6.61 Å². The van der Waals surface area contributed by atoms with E-state index in [9.17, 15) is 13.2 Å². The van der Waals surface area contributed by atoms with E-state index in [1.807, 2.05) is 6.92 Å². The first kappa shape index (κ1) is 13.7. The molecule has 0 radical (unpaired) electrons. The Morgan fingerprint density at radius 3 is 2.35 bits per heavy atom. The first-order chi connectivity index (χ1) is 8.01. The maximum absolute atomic E-state index is 11.9. The van der Waals surface area contributed by atoms with Gasteiger partial charge in [0.1, 0.15) is 11.5 Å². The van der Waals surface area contributed by atoms with Crippen molar-refractivity contribution < 1.29 is 22.6 Å². The van der Waals surface area contributed by atoms with Crippen LogP contribution < -0.4 is 9.47 Å². The Morgan fingerprint density at radius 1 is 1.12 bits per heavy atom.